The van der Waals surface area contributed by atoms with Gasteiger partial charge in [0, 0.05) is 12.2 Å². The molecule has 0 unspecified atom stereocenters. The maximum atomic E-state index is 12.2. The van der Waals surface area contributed by atoms with Gasteiger partial charge in [0.1, 0.15) is 0 Å². The molecule has 1 aliphatic rings. The van der Waals surface area contributed by atoms with Crippen molar-refractivity contribution in [2.45, 2.75) is 25.5 Å². The summed E-state index contributed by atoms with van der Waals surface area (Å²) >= 11 is 1.34. The number of amides is 2. The molecule has 0 radical (unpaired) electrons. The number of aliphatic hydroxyl groups is 1. The van der Waals surface area contributed by atoms with Crippen LogP contribution in [0.1, 0.15) is 17.5 Å². The summed E-state index contributed by atoms with van der Waals surface area (Å²) in [6, 6.07) is 5.70. The molecule has 19 heavy (non-hydrogen) atoms. The van der Waals surface area contributed by atoms with Crippen molar-refractivity contribution in [3.8, 4) is 0 Å². The van der Waals surface area contributed by atoms with Gasteiger partial charge in [0.25, 0.3) is 0 Å². The van der Waals surface area contributed by atoms with Crippen LogP contribution in [0.4, 0.5) is 5.69 Å². The standard InChI is InChI=1S/C14H17NO3S/c1-9-5-10(2)7-11(6-9)15-13(17)8-12(14(15)18)19-4-3-16/h5-7,12,16H,3-4,8H2,1-2H3/t12-/m0/s1. The second-order valence-electron chi connectivity index (χ2n) is 4.70. The molecule has 0 aliphatic carbocycles. The van der Waals surface area contributed by atoms with Gasteiger partial charge in [-0.15, -0.1) is 11.8 Å². The normalized spacial score (nSPS) is 19.3. The largest absolute Gasteiger partial charge is 0.396 e. The van der Waals surface area contributed by atoms with Crippen LogP contribution < -0.4 is 4.90 Å². The van der Waals surface area contributed by atoms with Crippen molar-refractivity contribution in [1.29, 1.82) is 0 Å². The predicted octanol–water partition coefficient (Wildman–Crippen LogP) is 1.66. The van der Waals surface area contributed by atoms with Gasteiger partial charge in [0.15, 0.2) is 0 Å². The number of benzene rings is 1. The summed E-state index contributed by atoms with van der Waals surface area (Å²) in [5.74, 6) is 0.142. The van der Waals surface area contributed by atoms with Crippen LogP contribution in [-0.2, 0) is 9.59 Å². The molecule has 1 aromatic carbocycles. The minimum absolute atomic E-state index is 0.0200. The number of carbonyl (C=O) groups excluding carboxylic acids is 2. The van der Waals surface area contributed by atoms with E-state index in [1.165, 1.54) is 16.7 Å². The molecule has 2 amide bonds. The van der Waals surface area contributed by atoms with E-state index in [-0.39, 0.29) is 30.1 Å². The number of aliphatic hydroxyl groups excluding tert-OH is 1. The molecule has 1 N–H and O–H groups in total. The van der Waals surface area contributed by atoms with Crippen molar-refractivity contribution >= 4 is 29.3 Å². The van der Waals surface area contributed by atoms with E-state index >= 15 is 0 Å². The Morgan fingerprint density at radius 3 is 2.47 bits per heavy atom. The first kappa shape index (κ1) is 14.1. The SMILES string of the molecule is Cc1cc(C)cc(N2C(=O)C[C@H](SCCO)C2=O)c1. The van der Waals surface area contributed by atoms with Crippen LogP contribution in [0.15, 0.2) is 18.2 Å². The van der Waals surface area contributed by atoms with Gasteiger partial charge in [-0.3, -0.25) is 9.59 Å². The highest BCUT2D eigenvalue weighted by Crippen LogP contribution is 2.30. The maximum Gasteiger partial charge on any atom is 0.247 e. The number of hydrogen-bond acceptors (Lipinski definition) is 4. The van der Waals surface area contributed by atoms with Gasteiger partial charge in [-0.25, -0.2) is 4.90 Å². The molecular weight excluding hydrogens is 262 g/mol. The predicted molar refractivity (Wildman–Crippen MR) is 76.4 cm³/mol. The molecule has 1 fully saturated rings. The Hall–Kier alpha value is -1.33. The fourth-order valence-corrected chi connectivity index (χ4v) is 3.18. The third kappa shape index (κ3) is 2.98. The highest BCUT2D eigenvalue weighted by atomic mass is 32.2. The Labute approximate surface area is 116 Å². The van der Waals surface area contributed by atoms with Crippen molar-refractivity contribution in [3.63, 3.8) is 0 Å². The summed E-state index contributed by atoms with van der Waals surface area (Å²) < 4.78 is 0. The molecule has 0 saturated carbocycles. The summed E-state index contributed by atoms with van der Waals surface area (Å²) in [7, 11) is 0. The fourth-order valence-electron chi connectivity index (χ4n) is 2.28. The molecular formula is C14H17NO3S. The quantitative estimate of drug-likeness (QED) is 0.852. The van der Waals surface area contributed by atoms with E-state index in [4.69, 9.17) is 5.11 Å². The number of imide groups is 1. The Morgan fingerprint density at radius 2 is 1.89 bits per heavy atom. The Bertz CT molecular complexity index is 495. The summed E-state index contributed by atoms with van der Waals surface area (Å²) in [4.78, 5) is 25.5. The Kier molecular flexibility index (Phi) is 4.27. The topological polar surface area (TPSA) is 57.6 Å². The van der Waals surface area contributed by atoms with Crippen LogP contribution in [0, 0.1) is 13.8 Å². The minimum atomic E-state index is -0.361. The minimum Gasteiger partial charge on any atom is -0.396 e. The van der Waals surface area contributed by atoms with Gasteiger partial charge in [-0.1, -0.05) is 6.07 Å². The Morgan fingerprint density at radius 1 is 1.26 bits per heavy atom. The van der Waals surface area contributed by atoms with E-state index < -0.39 is 0 Å². The van der Waals surface area contributed by atoms with Gasteiger partial charge in [0.05, 0.1) is 17.5 Å². The van der Waals surface area contributed by atoms with Crippen LogP contribution in [0.2, 0.25) is 0 Å². The highest BCUT2D eigenvalue weighted by molar-refractivity contribution is 8.00. The number of rotatable bonds is 4. The van der Waals surface area contributed by atoms with Crippen LogP contribution in [0.25, 0.3) is 0 Å². The molecule has 102 valence electrons. The van der Waals surface area contributed by atoms with E-state index in [0.717, 1.165) is 11.1 Å². The number of carbonyl (C=O) groups is 2. The van der Waals surface area contributed by atoms with Crippen molar-refractivity contribution < 1.29 is 14.7 Å². The van der Waals surface area contributed by atoms with Crippen molar-refractivity contribution in [1.82, 2.24) is 0 Å². The summed E-state index contributed by atoms with van der Waals surface area (Å²) in [5, 5.41) is 8.44. The van der Waals surface area contributed by atoms with Crippen LogP contribution in [0.5, 0.6) is 0 Å². The van der Waals surface area contributed by atoms with Crippen molar-refractivity contribution in [2.24, 2.45) is 0 Å². The fraction of sp³-hybridized carbons (Fsp3) is 0.429. The van der Waals surface area contributed by atoms with Crippen molar-refractivity contribution in [2.75, 3.05) is 17.3 Å². The molecule has 1 aromatic rings. The molecule has 1 atom stereocenters. The van der Waals surface area contributed by atoms with E-state index in [1.54, 1.807) is 0 Å². The van der Waals surface area contributed by atoms with Crippen molar-refractivity contribution in [3.05, 3.63) is 29.3 Å². The first-order valence-electron chi connectivity index (χ1n) is 6.20. The summed E-state index contributed by atoms with van der Waals surface area (Å²) in [6.45, 7) is 3.91. The monoisotopic (exact) mass is 279 g/mol. The number of nitrogens with zero attached hydrogens (tertiary/aromatic N) is 1. The average molecular weight is 279 g/mol. The van der Waals surface area contributed by atoms with E-state index in [1.807, 2.05) is 32.0 Å². The number of hydrogen-bond donors (Lipinski definition) is 1. The second-order valence-corrected chi connectivity index (χ2v) is 6.01. The van der Waals surface area contributed by atoms with Gasteiger partial charge < -0.3 is 5.11 Å². The molecule has 0 aromatic heterocycles. The van der Waals surface area contributed by atoms with Crippen LogP contribution >= 0.6 is 11.8 Å². The number of aryl methyl sites for hydroxylation is 2. The van der Waals surface area contributed by atoms with E-state index in [2.05, 4.69) is 0 Å². The summed E-state index contributed by atoms with van der Waals surface area (Å²) in [6.07, 6.45) is 0.219. The van der Waals surface area contributed by atoms with Crippen LogP contribution in [-0.4, -0.2) is 34.5 Å². The van der Waals surface area contributed by atoms with E-state index in [9.17, 15) is 9.59 Å². The molecule has 2 rings (SSSR count). The maximum absolute atomic E-state index is 12.2. The first-order valence-corrected chi connectivity index (χ1v) is 7.25. The number of anilines is 1. The molecule has 4 nitrogen and oxygen atoms in total. The molecule has 5 heteroatoms. The van der Waals surface area contributed by atoms with E-state index in [0.29, 0.717) is 11.4 Å². The summed E-state index contributed by atoms with van der Waals surface area (Å²) in [5.41, 5.74) is 2.71. The third-order valence-corrected chi connectivity index (χ3v) is 4.17. The van der Waals surface area contributed by atoms with Crippen LogP contribution in [0.3, 0.4) is 0 Å². The number of thioether (sulfide) groups is 1. The third-order valence-electron chi connectivity index (χ3n) is 2.98. The smallest absolute Gasteiger partial charge is 0.247 e. The Balaban J connectivity index is 2.24. The van der Waals surface area contributed by atoms with Gasteiger partial charge >= 0.3 is 0 Å². The van der Waals surface area contributed by atoms with Gasteiger partial charge in [-0.05, 0) is 37.1 Å². The zero-order chi connectivity index (χ0) is 14.0. The molecule has 1 saturated heterocycles. The second kappa shape index (κ2) is 5.75. The molecule has 0 bridgehead atoms. The molecule has 0 spiro atoms. The lowest BCUT2D eigenvalue weighted by atomic mass is 10.1. The molecule has 1 aliphatic heterocycles. The zero-order valence-corrected chi connectivity index (χ0v) is 11.9. The first-order chi connectivity index (χ1) is 9.02. The lowest BCUT2D eigenvalue weighted by molar-refractivity contribution is -0.121. The van der Waals surface area contributed by atoms with Gasteiger partial charge in [-0.2, -0.15) is 0 Å². The zero-order valence-electron chi connectivity index (χ0n) is 11.0. The average Bonchev–Trinajstić information content (AvgIpc) is 2.60. The molecule has 1 heterocycles. The lowest BCUT2D eigenvalue weighted by Crippen LogP contribution is -2.31. The highest BCUT2D eigenvalue weighted by Gasteiger charge is 2.39. The lowest BCUT2D eigenvalue weighted by Gasteiger charge is -2.16. The van der Waals surface area contributed by atoms with Gasteiger partial charge in [0.2, 0.25) is 11.8 Å².